The third-order valence-electron chi connectivity index (χ3n) is 3.66. The second-order valence-electron chi connectivity index (χ2n) is 5.42. The van der Waals surface area contributed by atoms with Crippen molar-refractivity contribution < 1.29 is 0 Å². The molecule has 0 radical (unpaired) electrons. The fourth-order valence-corrected chi connectivity index (χ4v) is 2.75. The molecule has 0 aliphatic carbocycles. The molecule has 1 aromatic carbocycles. The van der Waals surface area contributed by atoms with E-state index in [1.807, 2.05) is 0 Å². The lowest BCUT2D eigenvalue weighted by Crippen LogP contribution is -2.35. The van der Waals surface area contributed by atoms with Gasteiger partial charge in [0.1, 0.15) is 0 Å². The van der Waals surface area contributed by atoms with Crippen molar-refractivity contribution in [1.29, 1.82) is 0 Å². The third-order valence-corrected chi connectivity index (χ3v) is 3.66. The Kier molecular flexibility index (Phi) is 4.57. The van der Waals surface area contributed by atoms with E-state index >= 15 is 0 Å². The van der Waals surface area contributed by atoms with E-state index in [4.69, 9.17) is 5.73 Å². The minimum atomic E-state index is 0.362. The number of hydrogen-bond donors (Lipinski definition) is 1. The Bertz CT molecular complexity index is 313. The molecule has 2 N–H and O–H groups in total. The average Bonchev–Trinajstić information content (AvgIpc) is 2.32. The van der Waals surface area contributed by atoms with Gasteiger partial charge in [-0.25, -0.2) is 0 Å². The van der Waals surface area contributed by atoms with Crippen molar-refractivity contribution in [2.75, 3.05) is 13.1 Å². The van der Waals surface area contributed by atoms with E-state index in [0.29, 0.717) is 6.04 Å². The fourth-order valence-electron chi connectivity index (χ4n) is 2.75. The van der Waals surface area contributed by atoms with Crippen molar-refractivity contribution >= 4 is 0 Å². The van der Waals surface area contributed by atoms with Crippen LogP contribution in [-0.2, 0) is 6.54 Å². The van der Waals surface area contributed by atoms with Crippen molar-refractivity contribution in [3.63, 3.8) is 0 Å². The second kappa shape index (κ2) is 6.18. The van der Waals surface area contributed by atoms with Crippen molar-refractivity contribution in [3.8, 4) is 0 Å². The Labute approximate surface area is 105 Å². The summed E-state index contributed by atoms with van der Waals surface area (Å²) in [5.74, 6) is 0.849. The van der Waals surface area contributed by atoms with Crippen LogP contribution in [-0.4, -0.2) is 24.0 Å². The summed E-state index contributed by atoms with van der Waals surface area (Å²) in [7, 11) is 0. The molecule has 94 valence electrons. The Morgan fingerprint density at radius 1 is 1.24 bits per heavy atom. The summed E-state index contributed by atoms with van der Waals surface area (Å²) in [4.78, 5) is 2.56. The largest absolute Gasteiger partial charge is 0.328 e. The molecule has 2 rings (SSSR count). The molecular weight excluding hydrogens is 208 g/mol. The van der Waals surface area contributed by atoms with Gasteiger partial charge in [-0.15, -0.1) is 0 Å². The van der Waals surface area contributed by atoms with E-state index in [-0.39, 0.29) is 0 Å². The number of likely N-dealkylation sites (tertiary alicyclic amines) is 1. The van der Waals surface area contributed by atoms with Gasteiger partial charge in [-0.05, 0) is 50.8 Å². The van der Waals surface area contributed by atoms with Crippen LogP contribution in [0.3, 0.4) is 0 Å². The molecule has 1 heterocycles. The van der Waals surface area contributed by atoms with Crippen molar-refractivity contribution in [3.05, 3.63) is 35.9 Å². The van der Waals surface area contributed by atoms with E-state index in [1.54, 1.807) is 0 Å². The predicted octanol–water partition coefficient (Wildman–Crippen LogP) is 2.64. The van der Waals surface area contributed by atoms with Crippen LogP contribution in [0, 0.1) is 5.92 Å². The predicted molar refractivity (Wildman–Crippen MR) is 72.7 cm³/mol. The van der Waals surface area contributed by atoms with Crippen LogP contribution < -0.4 is 5.73 Å². The summed E-state index contributed by atoms with van der Waals surface area (Å²) in [5, 5.41) is 0. The van der Waals surface area contributed by atoms with Crippen LogP contribution in [0.25, 0.3) is 0 Å². The van der Waals surface area contributed by atoms with Gasteiger partial charge < -0.3 is 5.73 Å². The first-order chi connectivity index (χ1) is 8.24. The van der Waals surface area contributed by atoms with Gasteiger partial charge in [-0.1, -0.05) is 30.3 Å². The van der Waals surface area contributed by atoms with Crippen LogP contribution in [0.4, 0.5) is 0 Å². The summed E-state index contributed by atoms with van der Waals surface area (Å²) in [6, 6.07) is 11.1. The summed E-state index contributed by atoms with van der Waals surface area (Å²) in [6.45, 7) is 5.68. The monoisotopic (exact) mass is 232 g/mol. The summed E-state index contributed by atoms with van der Waals surface area (Å²) < 4.78 is 0. The molecule has 1 unspecified atom stereocenters. The summed E-state index contributed by atoms with van der Waals surface area (Å²) in [5.41, 5.74) is 7.30. The second-order valence-corrected chi connectivity index (χ2v) is 5.42. The molecule has 1 fully saturated rings. The first kappa shape index (κ1) is 12.6. The molecular formula is C15H24N2. The van der Waals surface area contributed by atoms with E-state index in [1.165, 1.54) is 37.9 Å². The third kappa shape index (κ3) is 4.14. The fraction of sp³-hybridized carbons (Fsp3) is 0.600. The highest BCUT2D eigenvalue weighted by molar-refractivity contribution is 5.14. The topological polar surface area (TPSA) is 29.3 Å². The molecule has 1 aliphatic heterocycles. The van der Waals surface area contributed by atoms with Crippen LogP contribution in [0.2, 0.25) is 0 Å². The molecule has 0 spiro atoms. The molecule has 0 bridgehead atoms. The maximum Gasteiger partial charge on any atom is 0.0233 e. The maximum atomic E-state index is 5.87. The van der Waals surface area contributed by atoms with Crippen LogP contribution in [0.5, 0.6) is 0 Å². The highest BCUT2D eigenvalue weighted by Crippen LogP contribution is 2.22. The normalized spacial score (nSPS) is 20.4. The lowest BCUT2D eigenvalue weighted by atomic mass is 9.91. The standard InChI is InChI=1S/C15H24N2/c1-13(16)11-14-7-9-17(10-8-14)12-15-5-3-2-4-6-15/h2-6,13-14H,7-12,16H2,1H3. The number of hydrogen-bond acceptors (Lipinski definition) is 2. The van der Waals surface area contributed by atoms with Crippen molar-refractivity contribution in [1.82, 2.24) is 4.90 Å². The van der Waals surface area contributed by atoms with E-state index in [2.05, 4.69) is 42.2 Å². The number of benzene rings is 1. The number of nitrogens with zero attached hydrogens (tertiary/aromatic N) is 1. The highest BCUT2D eigenvalue weighted by atomic mass is 15.1. The lowest BCUT2D eigenvalue weighted by Gasteiger charge is -2.32. The van der Waals surface area contributed by atoms with Gasteiger partial charge in [-0.3, -0.25) is 4.90 Å². The average molecular weight is 232 g/mol. The van der Waals surface area contributed by atoms with Gasteiger partial charge in [0.25, 0.3) is 0 Å². The van der Waals surface area contributed by atoms with Crippen molar-refractivity contribution in [2.45, 2.75) is 38.8 Å². The summed E-state index contributed by atoms with van der Waals surface area (Å²) in [6.07, 6.45) is 3.82. The molecule has 1 aliphatic rings. The molecule has 17 heavy (non-hydrogen) atoms. The van der Waals surface area contributed by atoms with Gasteiger partial charge in [0.2, 0.25) is 0 Å². The van der Waals surface area contributed by atoms with Crippen LogP contribution >= 0.6 is 0 Å². The Balaban J connectivity index is 1.76. The molecule has 1 saturated heterocycles. The SMILES string of the molecule is CC(N)CC1CCN(Cc2ccccc2)CC1. The molecule has 0 aromatic heterocycles. The number of nitrogens with two attached hydrogens (primary N) is 1. The molecule has 2 heteroatoms. The first-order valence-electron chi connectivity index (χ1n) is 6.76. The number of rotatable bonds is 4. The van der Waals surface area contributed by atoms with E-state index < -0.39 is 0 Å². The molecule has 0 saturated carbocycles. The minimum absolute atomic E-state index is 0.362. The van der Waals surface area contributed by atoms with Crippen LogP contribution in [0.15, 0.2) is 30.3 Å². The van der Waals surface area contributed by atoms with Gasteiger partial charge in [0.05, 0.1) is 0 Å². The van der Waals surface area contributed by atoms with Gasteiger partial charge in [-0.2, -0.15) is 0 Å². The van der Waals surface area contributed by atoms with Gasteiger partial charge in [0.15, 0.2) is 0 Å². The zero-order valence-corrected chi connectivity index (χ0v) is 10.8. The zero-order valence-electron chi connectivity index (χ0n) is 10.8. The Morgan fingerprint density at radius 2 is 1.88 bits per heavy atom. The van der Waals surface area contributed by atoms with E-state index in [9.17, 15) is 0 Å². The molecule has 1 atom stereocenters. The minimum Gasteiger partial charge on any atom is -0.328 e. The van der Waals surface area contributed by atoms with Gasteiger partial charge >= 0.3 is 0 Å². The molecule has 0 amide bonds. The highest BCUT2D eigenvalue weighted by Gasteiger charge is 2.19. The molecule has 1 aromatic rings. The lowest BCUT2D eigenvalue weighted by molar-refractivity contribution is 0.169. The maximum absolute atomic E-state index is 5.87. The van der Waals surface area contributed by atoms with E-state index in [0.717, 1.165) is 12.5 Å². The quantitative estimate of drug-likeness (QED) is 0.864. The van der Waals surface area contributed by atoms with Gasteiger partial charge in [0, 0.05) is 12.6 Å². The number of piperidine rings is 1. The Hall–Kier alpha value is -0.860. The first-order valence-corrected chi connectivity index (χ1v) is 6.76. The molecule has 2 nitrogen and oxygen atoms in total. The Morgan fingerprint density at radius 3 is 2.47 bits per heavy atom. The van der Waals surface area contributed by atoms with Crippen LogP contribution in [0.1, 0.15) is 31.7 Å². The van der Waals surface area contributed by atoms with Crippen molar-refractivity contribution in [2.24, 2.45) is 11.7 Å². The zero-order chi connectivity index (χ0) is 12.1. The summed E-state index contributed by atoms with van der Waals surface area (Å²) >= 11 is 0. The smallest absolute Gasteiger partial charge is 0.0233 e.